The molecule has 0 aromatic carbocycles. The third-order valence-electron chi connectivity index (χ3n) is 4.08. The van der Waals surface area contributed by atoms with Crippen LogP contribution in [-0.2, 0) is 6.54 Å². The SMILES string of the molecule is CN(C)CCNCc1ccc2c(n1)N(C)c1ncccc1N2C. The monoisotopic (exact) mass is 312 g/mol. The number of fused-ring (bicyclic) bond motifs is 2. The van der Waals surface area contributed by atoms with E-state index in [9.17, 15) is 0 Å². The van der Waals surface area contributed by atoms with Crippen LogP contribution >= 0.6 is 0 Å². The van der Waals surface area contributed by atoms with Crippen LogP contribution in [0.15, 0.2) is 30.5 Å². The van der Waals surface area contributed by atoms with E-state index in [4.69, 9.17) is 4.98 Å². The lowest BCUT2D eigenvalue weighted by Crippen LogP contribution is -2.28. The van der Waals surface area contributed by atoms with Crippen LogP contribution in [0.4, 0.5) is 23.0 Å². The third kappa shape index (κ3) is 3.13. The zero-order valence-corrected chi connectivity index (χ0v) is 14.2. The molecule has 0 saturated heterocycles. The van der Waals surface area contributed by atoms with Gasteiger partial charge in [-0.1, -0.05) is 0 Å². The normalized spacial score (nSPS) is 13.3. The summed E-state index contributed by atoms with van der Waals surface area (Å²) < 4.78 is 0. The molecule has 0 atom stereocenters. The molecule has 6 heteroatoms. The number of hydrogen-bond donors (Lipinski definition) is 1. The van der Waals surface area contributed by atoms with E-state index in [1.807, 2.05) is 19.3 Å². The second-order valence-corrected chi connectivity index (χ2v) is 6.09. The first-order valence-corrected chi connectivity index (χ1v) is 7.86. The zero-order valence-electron chi connectivity index (χ0n) is 14.2. The van der Waals surface area contributed by atoms with Gasteiger partial charge in [0.05, 0.1) is 17.1 Å². The summed E-state index contributed by atoms with van der Waals surface area (Å²) in [5, 5.41) is 3.43. The highest BCUT2D eigenvalue weighted by atomic mass is 15.3. The minimum Gasteiger partial charge on any atom is -0.339 e. The summed E-state index contributed by atoms with van der Waals surface area (Å²) in [5.74, 6) is 1.89. The predicted octanol–water partition coefficient (Wildman–Crippen LogP) is 1.98. The average molecular weight is 312 g/mol. The van der Waals surface area contributed by atoms with Gasteiger partial charge in [-0.25, -0.2) is 9.97 Å². The van der Waals surface area contributed by atoms with Crippen molar-refractivity contribution in [2.24, 2.45) is 0 Å². The summed E-state index contributed by atoms with van der Waals surface area (Å²) >= 11 is 0. The number of nitrogens with one attached hydrogen (secondary N) is 1. The smallest absolute Gasteiger partial charge is 0.158 e. The van der Waals surface area contributed by atoms with Gasteiger partial charge >= 0.3 is 0 Å². The molecule has 1 aliphatic rings. The molecule has 3 heterocycles. The number of nitrogens with zero attached hydrogens (tertiary/aromatic N) is 5. The summed E-state index contributed by atoms with van der Waals surface area (Å²) in [7, 11) is 8.24. The Morgan fingerprint density at radius 1 is 1.04 bits per heavy atom. The molecule has 0 unspecified atom stereocenters. The van der Waals surface area contributed by atoms with Crippen molar-refractivity contribution in [2.45, 2.75) is 6.54 Å². The number of aromatic nitrogens is 2. The molecular formula is C17H24N6. The summed E-state index contributed by atoms with van der Waals surface area (Å²) in [6.07, 6.45) is 1.82. The summed E-state index contributed by atoms with van der Waals surface area (Å²) in [6, 6.07) is 8.27. The van der Waals surface area contributed by atoms with Gasteiger partial charge in [0.25, 0.3) is 0 Å². The van der Waals surface area contributed by atoms with Crippen LogP contribution < -0.4 is 15.1 Å². The Balaban J connectivity index is 1.80. The molecule has 0 saturated carbocycles. The molecule has 2 aromatic rings. The Hall–Kier alpha value is -2.18. The molecule has 6 nitrogen and oxygen atoms in total. The number of pyridine rings is 2. The van der Waals surface area contributed by atoms with E-state index in [0.717, 1.165) is 48.3 Å². The van der Waals surface area contributed by atoms with Crippen molar-refractivity contribution in [3.63, 3.8) is 0 Å². The van der Waals surface area contributed by atoms with Gasteiger partial charge in [0.1, 0.15) is 0 Å². The second-order valence-electron chi connectivity index (χ2n) is 6.09. The maximum absolute atomic E-state index is 4.83. The van der Waals surface area contributed by atoms with Crippen molar-refractivity contribution in [2.75, 3.05) is 51.1 Å². The van der Waals surface area contributed by atoms with E-state index in [0.29, 0.717) is 0 Å². The van der Waals surface area contributed by atoms with Crippen molar-refractivity contribution < 1.29 is 0 Å². The van der Waals surface area contributed by atoms with Crippen molar-refractivity contribution in [1.82, 2.24) is 20.2 Å². The Morgan fingerprint density at radius 2 is 1.83 bits per heavy atom. The molecule has 0 bridgehead atoms. The number of likely N-dealkylation sites (N-methyl/N-ethyl adjacent to an activating group) is 1. The summed E-state index contributed by atoms with van der Waals surface area (Å²) in [6.45, 7) is 2.74. The lowest BCUT2D eigenvalue weighted by Gasteiger charge is -2.34. The maximum atomic E-state index is 4.83. The van der Waals surface area contributed by atoms with Gasteiger partial charge in [-0.3, -0.25) is 0 Å². The fourth-order valence-electron chi connectivity index (χ4n) is 2.75. The van der Waals surface area contributed by atoms with Gasteiger partial charge in [-0.2, -0.15) is 0 Å². The van der Waals surface area contributed by atoms with E-state index in [1.165, 1.54) is 0 Å². The maximum Gasteiger partial charge on any atom is 0.158 e. The third-order valence-corrected chi connectivity index (χ3v) is 4.08. The molecule has 23 heavy (non-hydrogen) atoms. The zero-order chi connectivity index (χ0) is 16.4. The first kappa shape index (κ1) is 15.7. The van der Waals surface area contributed by atoms with Gasteiger partial charge in [0.2, 0.25) is 0 Å². The quantitative estimate of drug-likeness (QED) is 0.852. The molecule has 0 spiro atoms. The number of anilines is 4. The van der Waals surface area contributed by atoms with E-state index in [-0.39, 0.29) is 0 Å². The minimum absolute atomic E-state index is 0.772. The van der Waals surface area contributed by atoms with Crippen molar-refractivity contribution in [3.05, 3.63) is 36.2 Å². The minimum atomic E-state index is 0.772. The molecule has 2 aromatic heterocycles. The van der Waals surface area contributed by atoms with Crippen molar-refractivity contribution in [3.8, 4) is 0 Å². The first-order chi connectivity index (χ1) is 11.1. The van der Waals surface area contributed by atoms with Crippen LogP contribution in [0.25, 0.3) is 0 Å². The fourth-order valence-corrected chi connectivity index (χ4v) is 2.75. The lowest BCUT2D eigenvalue weighted by molar-refractivity contribution is 0.399. The van der Waals surface area contributed by atoms with Crippen LogP contribution in [0.3, 0.4) is 0 Å². The lowest BCUT2D eigenvalue weighted by atomic mass is 10.2. The highest BCUT2D eigenvalue weighted by molar-refractivity contribution is 5.88. The van der Waals surface area contributed by atoms with E-state index < -0.39 is 0 Å². The van der Waals surface area contributed by atoms with Crippen LogP contribution in [0.2, 0.25) is 0 Å². The summed E-state index contributed by atoms with van der Waals surface area (Å²) in [5.41, 5.74) is 3.24. The molecule has 0 aliphatic carbocycles. The Morgan fingerprint density at radius 3 is 2.61 bits per heavy atom. The van der Waals surface area contributed by atoms with Gasteiger partial charge in [-0.05, 0) is 38.4 Å². The number of rotatable bonds is 5. The van der Waals surface area contributed by atoms with Crippen molar-refractivity contribution >= 4 is 23.0 Å². The first-order valence-electron chi connectivity index (χ1n) is 7.86. The summed E-state index contributed by atoms with van der Waals surface area (Å²) in [4.78, 5) is 15.7. The highest BCUT2D eigenvalue weighted by Gasteiger charge is 2.26. The average Bonchev–Trinajstić information content (AvgIpc) is 2.56. The van der Waals surface area contributed by atoms with Gasteiger partial charge in [0, 0.05) is 39.9 Å². The van der Waals surface area contributed by atoms with Crippen LogP contribution in [-0.4, -0.2) is 56.1 Å². The molecule has 0 amide bonds. The largest absolute Gasteiger partial charge is 0.339 e. The van der Waals surface area contributed by atoms with Crippen molar-refractivity contribution in [1.29, 1.82) is 0 Å². The predicted molar refractivity (Wildman–Crippen MR) is 94.9 cm³/mol. The van der Waals surface area contributed by atoms with Crippen LogP contribution in [0.5, 0.6) is 0 Å². The Kier molecular flexibility index (Phi) is 4.45. The topological polar surface area (TPSA) is 47.5 Å². The van der Waals surface area contributed by atoms with Gasteiger partial charge in [0.15, 0.2) is 11.6 Å². The van der Waals surface area contributed by atoms with Crippen LogP contribution in [0.1, 0.15) is 5.69 Å². The number of hydrogen-bond acceptors (Lipinski definition) is 6. The van der Waals surface area contributed by atoms with Crippen LogP contribution in [0, 0.1) is 0 Å². The molecule has 0 fully saturated rings. The van der Waals surface area contributed by atoms with Gasteiger partial charge in [-0.15, -0.1) is 0 Å². The molecule has 3 rings (SSSR count). The highest BCUT2D eigenvalue weighted by Crippen LogP contribution is 2.43. The molecule has 1 aliphatic heterocycles. The van der Waals surface area contributed by atoms with E-state index in [2.05, 4.69) is 64.3 Å². The molecular weight excluding hydrogens is 288 g/mol. The fraction of sp³-hybridized carbons (Fsp3) is 0.412. The molecule has 0 radical (unpaired) electrons. The van der Waals surface area contributed by atoms with E-state index in [1.54, 1.807) is 0 Å². The van der Waals surface area contributed by atoms with E-state index >= 15 is 0 Å². The molecule has 122 valence electrons. The Bertz CT molecular complexity index is 685. The Labute approximate surface area is 137 Å². The standard InChI is InChI=1S/C17H24N6/c1-21(2)11-10-18-12-13-7-8-15-17(20-13)23(4)16-14(22(15)3)6-5-9-19-16/h5-9,18H,10-12H2,1-4H3. The molecule has 1 N–H and O–H groups in total. The van der Waals surface area contributed by atoms with Gasteiger partial charge < -0.3 is 20.0 Å². The second kappa shape index (κ2) is 6.52.